The molecule has 3 aliphatic carbocycles. The molecule has 0 bridgehead atoms. The van der Waals surface area contributed by atoms with Gasteiger partial charge in [-0.05, 0) is 73.2 Å². The van der Waals surface area contributed by atoms with Crippen molar-refractivity contribution in [2.24, 2.45) is 23.0 Å². The number of phenolic OH excluding ortho intramolecular Hbond substituents is 1. The molecule has 4 unspecified atom stereocenters. The molecule has 0 spiro atoms. The summed E-state index contributed by atoms with van der Waals surface area (Å²) >= 11 is 0. The molecule has 0 saturated heterocycles. The van der Waals surface area contributed by atoms with Crippen LogP contribution in [0.4, 0.5) is 5.69 Å². The summed E-state index contributed by atoms with van der Waals surface area (Å²) in [6.07, 6.45) is 0.263. The third-order valence-electron chi connectivity index (χ3n) is 8.62. The van der Waals surface area contributed by atoms with E-state index in [2.05, 4.69) is 26.1 Å². The van der Waals surface area contributed by atoms with Gasteiger partial charge >= 0.3 is 0 Å². The van der Waals surface area contributed by atoms with Gasteiger partial charge in [-0.2, -0.15) is 0 Å². The van der Waals surface area contributed by atoms with Gasteiger partial charge in [-0.1, -0.05) is 39.0 Å². The lowest BCUT2D eigenvalue weighted by Gasteiger charge is -2.50. The van der Waals surface area contributed by atoms with Crippen LogP contribution in [0.15, 0.2) is 53.3 Å². The van der Waals surface area contributed by atoms with Gasteiger partial charge in [0, 0.05) is 23.7 Å². The molecular weight excluding hydrogens is 538 g/mol. The van der Waals surface area contributed by atoms with Crippen molar-refractivity contribution in [1.29, 1.82) is 0 Å². The number of nitrogens with one attached hydrogen (secondary N) is 1. The van der Waals surface area contributed by atoms with Gasteiger partial charge in [0.2, 0.25) is 5.78 Å². The Morgan fingerprint density at radius 1 is 1.07 bits per heavy atom. The highest BCUT2D eigenvalue weighted by Crippen LogP contribution is 2.53. The molecule has 4 atom stereocenters. The molecule has 0 aliphatic heterocycles. The summed E-state index contributed by atoms with van der Waals surface area (Å²) in [6.45, 7) is 7.20. The number of hydrogen-bond acceptors (Lipinski definition) is 9. The maximum absolute atomic E-state index is 14.0. The van der Waals surface area contributed by atoms with Crippen molar-refractivity contribution in [2.45, 2.75) is 45.3 Å². The molecule has 10 nitrogen and oxygen atoms in total. The number of aliphatic hydroxyl groups is 3. The SMILES string of the molecule is CN(C)C1C(=O)C(C(N)=O)=C(O)C2(O)C(=O)C3=C(O)c4c(O)ccc(-c5ccc(NCC(C)(C)C)cc5)c4CC3CC12. The molecule has 2 aromatic carbocycles. The fourth-order valence-corrected chi connectivity index (χ4v) is 6.65. The predicted molar refractivity (Wildman–Crippen MR) is 158 cm³/mol. The van der Waals surface area contributed by atoms with Crippen molar-refractivity contribution in [3.8, 4) is 16.9 Å². The smallest absolute Gasteiger partial charge is 0.255 e. The first-order valence-corrected chi connectivity index (χ1v) is 13.9. The van der Waals surface area contributed by atoms with E-state index in [1.165, 1.54) is 11.0 Å². The Morgan fingerprint density at radius 2 is 1.71 bits per heavy atom. The minimum absolute atomic E-state index is 0.0382. The zero-order chi connectivity index (χ0) is 30.9. The number of carbonyl (C=O) groups excluding carboxylic acids is 3. The van der Waals surface area contributed by atoms with Crippen LogP contribution in [-0.2, 0) is 20.8 Å². The van der Waals surface area contributed by atoms with Crippen LogP contribution < -0.4 is 11.1 Å². The number of anilines is 1. The van der Waals surface area contributed by atoms with Crippen LogP contribution in [0.3, 0.4) is 0 Å². The molecule has 1 amide bonds. The molecular formula is C32H37N3O7. The number of aliphatic hydroxyl groups excluding tert-OH is 2. The lowest BCUT2D eigenvalue weighted by atomic mass is 9.57. The van der Waals surface area contributed by atoms with Crippen molar-refractivity contribution in [2.75, 3.05) is 26.0 Å². The summed E-state index contributed by atoms with van der Waals surface area (Å²) in [5.41, 5.74) is 5.05. The molecule has 10 heteroatoms. The fourth-order valence-electron chi connectivity index (χ4n) is 6.65. The normalized spacial score (nSPS) is 25.7. The molecule has 1 fully saturated rings. The van der Waals surface area contributed by atoms with Gasteiger partial charge in [-0.3, -0.25) is 19.3 Å². The van der Waals surface area contributed by atoms with Crippen molar-refractivity contribution < 1.29 is 34.8 Å². The number of Topliss-reactive ketones (excluding diaryl/α,β-unsaturated/α-hetero) is 2. The summed E-state index contributed by atoms with van der Waals surface area (Å²) < 4.78 is 0. The second-order valence-electron chi connectivity index (χ2n) is 12.9. The topological polar surface area (TPSA) is 173 Å². The molecule has 222 valence electrons. The number of rotatable bonds is 5. The number of phenols is 1. The first-order valence-electron chi connectivity index (χ1n) is 13.9. The van der Waals surface area contributed by atoms with E-state index in [0.717, 1.165) is 23.4 Å². The largest absolute Gasteiger partial charge is 0.508 e. The number of aromatic hydroxyl groups is 1. The van der Waals surface area contributed by atoms with Crippen LogP contribution in [0.5, 0.6) is 5.75 Å². The van der Waals surface area contributed by atoms with E-state index < -0.39 is 58.0 Å². The van der Waals surface area contributed by atoms with Gasteiger partial charge < -0.3 is 31.5 Å². The predicted octanol–water partition coefficient (Wildman–Crippen LogP) is 3.09. The molecule has 0 radical (unpaired) electrons. The summed E-state index contributed by atoms with van der Waals surface area (Å²) in [6, 6.07) is 9.85. The van der Waals surface area contributed by atoms with Gasteiger partial charge in [-0.15, -0.1) is 0 Å². The Hall–Kier alpha value is -4.15. The zero-order valence-electron chi connectivity index (χ0n) is 24.4. The minimum Gasteiger partial charge on any atom is -0.508 e. The number of benzene rings is 2. The number of ketones is 2. The van der Waals surface area contributed by atoms with E-state index in [4.69, 9.17) is 5.73 Å². The maximum atomic E-state index is 14.0. The minimum atomic E-state index is -2.66. The van der Waals surface area contributed by atoms with Crippen LogP contribution in [0.25, 0.3) is 16.9 Å². The van der Waals surface area contributed by atoms with E-state index in [1.807, 2.05) is 24.3 Å². The molecule has 42 heavy (non-hydrogen) atoms. The highest BCUT2D eigenvalue weighted by atomic mass is 16.3. The maximum Gasteiger partial charge on any atom is 0.255 e. The molecule has 0 heterocycles. The second kappa shape index (κ2) is 9.99. The van der Waals surface area contributed by atoms with Gasteiger partial charge in [0.05, 0.1) is 11.6 Å². The Morgan fingerprint density at radius 3 is 2.29 bits per heavy atom. The van der Waals surface area contributed by atoms with Crippen LogP contribution in [-0.4, -0.2) is 75.1 Å². The van der Waals surface area contributed by atoms with E-state index in [1.54, 1.807) is 20.2 Å². The number of amides is 1. The van der Waals surface area contributed by atoms with Crippen LogP contribution in [0.1, 0.15) is 38.3 Å². The standard InChI is InChI=1S/C32H37N3O7/c1-31(2,3)14-34-17-8-6-15(7-9-17)18-10-11-21(36)23-19(18)12-16-13-20-25(35(4)5)27(38)24(30(33)41)29(40)32(20,42)28(39)22(16)26(23)37/h6-11,16,20,25,34,36-37,40,42H,12-14H2,1-5H3,(H2,33,41). The summed E-state index contributed by atoms with van der Waals surface area (Å²) in [5, 5.41) is 48.4. The van der Waals surface area contributed by atoms with Gasteiger partial charge in [0.15, 0.2) is 11.4 Å². The number of nitrogens with two attached hydrogens (primary N) is 1. The second-order valence-corrected chi connectivity index (χ2v) is 12.9. The lowest BCUT2D eigenvalue weighted by molar-refractivity contribution is -0.153. The average molecular weight is 576 g/mol. The number of fused-ring (bicyclic) bond motifs is 3. The molecule has 0 aromatic heterocycles. The van der Waals surface area contributed by atoms with Crippen LogP contribution >= 0.6 is 0 Å². The highest BCUT2D eigenvalue weighted by Gasteiger charge is 2.64. The fraction of sp³-hybridized carbons (Fsp3) is 0.406. The Labute approximate surface area is 244 Å². The van der Waals surface area contributed by atoms with E-state index in [-0.39, 0.29) is 35.1 Å². The lowest BCUT2D eigenvalue weighted by Crippen LogP contribution is -2.65. The molecule has 3 aliphatic rings. The van der Waals surface area contributed by atoms with Gasteiger partial charge in [0.1, 0.15) is 22.8 Å². The van der Waals surface area contributed by atoms with Crippen molar-refractivity contribution in [3.63, 3.8) is 0 Å². The molecule has 7 N–H and O–H groups in total. The van der Waals surface area contributed by atoms with E-state index in [0.29, 0.717) is 5.56 Å². The summed E-state index contributed by atoms with van der Waals surface area (Å²) in [5.74, 6) is -6.68. The quantitative estimate of drug-likeness (QED) is 0.293. The number of primary amides is 1. The Bertz CT molecular complexity index is 1570. The number of carbonyl (C=O) groups is 3. The molecule has 1 saturated carbocycles. The molecule has 5 rings (SSSR count). The van der Waals surface area contributed by atoms with E-state index >= 15 is 0 Å². The third-order valence-corrected chi connectivity index (χ3v) is 8.62. The first kappa shape index (κ1) is 29.3. The van der Waals surface area contributed by atoms with Gasteiger partial charge in [-0.25, -0.2) is 0 Å². The van der Waals surface area contributed by atoms with Crippen molar-refractivity contribution in [1.82, 2.24) is 4.90 Å². The van der Waals surface area contributed by atoms with Crippen LogP contribution in [0.2, 0.25) is 0 Å². The van der Waals surface area contributed by atoms with E-state index in [9.17, 15) is 34.8 Å². The Kier molecular flexibility index (Phi) is 6.98. The summed E-state index contributed by atoms with van der Waals surface area (Å²) in [7, 11) is 3.15. The number of likely N-dealkylation sites (N-methyl/N-ethyl adjacent to an activating group) is 1. The number of nitrogens with zero attached hydrogens (tertiary/aromatic N) is 1. The monoisotopic (exact) mass is 575 g/mol. The van der Waals surface area contributed by atoms with Crippen molar-refractivity contribution in [3.05, 3.63) is 64.4 Å². The molecule has 2 aromatic rings. The number of hydrogen-bond donors (Lipinski definition) is 6. The van der Waals surface area contributed by atoms with Crippen molar-refractivity contribution >= 4 is 28.9 Å². The first-order chi connectivity index (χ1) is 19.6. The third kappa shape index (κ3) is 4.46. The van der Waals surface area contributed by atoms with Crippen LogP contribution in [0, 0.1) is 17.3 Å². The summed E-state index contributed by atoms with van der Waals surface area (Å²) in [4.78, 5) is 40.9. The average Bonchev–Trinajstić information content (AvgIpc) is 2.89. The highest BCUT2D eigenvalue weighted by molar-refractivity contribution is 6.24. The van der Waals surface area contributed by atoms with Gasteiger partial charge in [0.25, 0.3) is 5.91 Å². The Balaban J connectivity index is 1.62. The zero-order valence-corrected chi connectivity index (χ0v) is 24.4.